The number of likely N-dealkylation sites (N-methyl/N-ethyl adjacent to an activating group) is 1. The normalized spacial score (nSPS) is 10.6. The van der Waals surface area contributed by atoms with Crippen molar-refractivity contribution >= 4 is 29.4 Å². The second kappa shape index (κ2) is 8.61. The van der Waals surface area contributed by atoms with Gasteiger partial charge in [-0.2, -0.15) is 15.0 Å². The van der Waals surface area contributed by atoms with E-state index in [2.05, 4.69) is 25.6 Å². The highest BCUT2D eigenvalue weighted by atomic mass is 35.5. The molecule has 0 radical (unpaired) electrons. The van der Waals surface area contributed by atoms with E-state index >= 15 is 0 Å². The first-order valence-electron chi connectivity index (χ1n) is 7.16. The molecule has 1 amide bonds. The summed E-state index contributed by atoms with van der Waals surface area (Å²) < 4.78 is 0. The summed E-state index contributed by atoms with van der Waals surface area (Å²) in [5.74, 6) is 0.746. The molecule has 2 N–H and O–H groups in total. The lowest BCUT2D eigenvalue weighted by atomic mass is 10.4. The minimum Gasteiger partial charge on any atom is -0.354 e. The van der Waals surface area contributed by atoms with Gasteiger partial charge in [-0.05, 0) is 38.8 Å². The number of carbonyl (C=O) groups is 1. The number of nitrogens with one attached hydrogen (secondary N) is 2. The number of aromatic nitrogens is 3. The molecule has 7 nitrogen and oxygen atoms in total. The Bertz CT molecular complexity index is 468. The summed E-state index contributed by atoms with van der Waals surface area (Å²) in [6.45, 7) is 9.34. The van der Waals surface area contributed by atoms with Gasteiger partial charge in [0.1, 0.15) is 0 Å². The van der Waals surface area contributed by atoms with Gasteiger partial charge in [0.25, 0.3) is 0 Å². The lowest BCUT2D eigenvalue weighted by Crippen LogP contribution is -2.40. The number of anilines is 2. The molecule has 1 rings (SSSR count). The summed E-state index contributed by atoms with van der Waals surface area (Å²) in [5, 5.41) is 6.02. The van der Waals surface area contributed by atoms with E-state index in [0.717, 1.165) is 13.0 Å². The molecule has 0 saturated heterocycles. The van der Waals surface area contributed by atoms with Gasteiger partial charge < -0.3 is 15.5 Å². The van der Waals surface area contributed by atoms with Crippen LogP contribution in [0.15, 0.2) is 0 Å². The van der Waals surface area contributed by atoms with Crippen LogP contribution in [0.25, 0.3) is 0 Å². The van der Waals surface area contributed by atoms with Crippen molar-refractivity contribution in [3.63, 3.8) is 0 Å². The van der Waals surface area contributed by atoms with E-state index in [4.69, 9.17) is 11.6 Å². The third-order valence-electron chi connectivity index (χ3n) is 2.58. The summed E-state index contributed by atoms with van der Waals surface area (Å²) in [6, 6.07) is 0.0972. The first kappa shape index (κ1) is 17.4. The minimum absolute atomic E-state index is 0.0774. The van der Waals surface area contributed by atoms with E-state index in [0.29, 0.717) is 18.4 Å². The molecule has 1 heterocycles. The van der Waals surface area contributed by atoms with Crippen molar-refractivity contribution in [3.8, 4) is 0 Å². The molecule has 118 valence electrons. The maximum absolute atomic E-state index is 11.9. The molecule has 0 bridgehead atoms. The smallest absolute Gasteiger partial charge is 0.239 e. The standard InChI is InChI=1S/C13H23ClN6O/c1-5-7-15-12-17-11(14)18-13(19-12)20(6-2)8-10(21)16-9(3)4/h9H,5-8H2,1-4H3,(H,16,21)(H,15,17,18,19). The molecule has 0 spiro atoms. The lowest BCUT2D eigenvalue weighted by Gasteiger charge is -2.21. The van der Waals surface area contributed by atoms with Gasteiger partial charge >= 0.3 is 0 Å². The Balaban J connectivity index is 2.84. The van der Waals surface area contributed by atoms with Crippen LogP contribution in [-0.2, 0) is 4.79 Å². The number of hydrogen-bond acceptors (Lipinski definition) is 6. The number of amides is 1. The first-order valence-corrected chi connectivity index (χ1v) is 7.53. The fraction of sp³-hybridized carbons (Fsp3) is 0.692. The molecule has 1 aromatic heterocycles. The predicted octanol–water partition coefficient (Wildman–Crippen LogP) is 1.70. The van der Waals surface area contributed by atoms with Gasteiger partial charge in [-0.25, -0.2) is 0 Å². The van der Waals surface area contributed by atoms with Gasteiger partial charge in [0.2, 0.25) is 23.1 Å². The Hall–Kier alpha value is -1.63. The summed E-state index contributed by atoms with van der Waals surface area (Å²) in [5.41, 5.74) is 0. The summed E-state index contributed by atoms with van der Waals surface area (Å²) in [4.78, 5) is 26.0. The van der Waals surface area contributed by atoms with Gasteiger partial charge in [0, 0.05) is 19.1 Å². The number of hydrogen-bond donors (Lipinski definition) is 2. The zero-order chi connectivity index (χ0) is 15.8. The molecular weight excluding hydrogens is 292 g/mol. The van der Waals surface area contributed by atoms with Crippen LogP contribution in [0.4, 0.5) is 11.9 Å². The van der Waals surface area contributed by atoms with Crippen molar-refractivity contribution in [3.05, 3.63) is 5.28 Å². The largest absolute Gasteiger partial charge is 0.354 e. The van der Waals surface area contributed by atoms with E-state index in [1.165, 1.54) is 0 Å². The monoisotopic (exact) mass is 314 g/mol. The number of nitrogens with zero attached hydrogens (tertiary/aromatic N) is 4. The number of carbonyl (C=O) groups excluding carboxylic acids is 1. The van der Waals surface area contributed by atoms with Crippen LogP contribution in [0.3, 0.4) is 0 Å². The Morgan fingerprint density at radius 3 is 2.57 bits per heavy atom. The van der Waals surface area contributed by atoms with Crippen molar-refractivity contribution in [2.24, 2.45) is 0 Å². The number of halogens is 1. The van der Waals surface area contributed by atoms with Crippen LogP contribution in [0.5, 0.6) is 0 Å². The first-order chi connectivity index (χ1) is 9.96. The Labute approximate surface area is 130 Å². The predicted molar refractivity (Wildman–Crippen MR) is 84.8 cm³/mol. The summed E-state index contributed by atoms with van der Waals surface area (Å²) in [7, 11) is 0. The fourth-order valence-electron chi connectivity index (χ4n) is 1.66. The zero-order valence-corrected chi connectivity index (χ0v) is 13.7. The zero-order valence-electron chi connectivity index (χ0n) is 13.0. The van der Waals surface area contributed by atoms with Crippen LogP contribution in [0, 0.1) is 0 Å². The third kappa shape index (κ3) is 6.12. The van der Waals surface area contributed by atoms with Crippen molar-refractivity contribution < 1.29 is 4.79 Å². The van der Waals surface area contributed by atoms with Crippen molar-refractivity contribution in [1.29, 1.82) is 0 Å². The molecule has 8 heteroatoms. The summed E-state index contributed by atoms with van der Waals surface area (Å²) >= 11 is 5.92. The quantitative estimate of drug-likeness (QED) is 0.760. The SMILES string of the molecule is CCCNc1nc(Cl)nc(N(CC)CC(=O)NC(C)C)n1. The second-order valence-electron chi connectivity index (χ2n) is 4.89. The third-order valence-corrected chi connectivity index (χ3v) is 2.75. The molecule has 0 atom stereocenters. The van der Waals surface area contributed by atoms with Crippen molar-refractivity contribution in [2.75, 3.05) is 29.9 Å². The van der Waals surface area contributed by atoms with Crippen LogP contribution in [0.2, 0.25) is 5.28 Å². The topological polar surface area (TPSA) is 83.0 Å². The maximum atomic E-state index is 11.9. The lowest BCUT2D eigenvalue weighted by molar-refractivity contribution is -0.120. The van der Waals surface area contributed by atoms with Crippen molar-refractivity contribution in [2.45, 2.75) is 40.2 Å². The van der Waals surface area contributed by atoms with Crippen LogP contribution < -0.4 is 15.5 Å². The average Bonchev–Trinajstić information content (AvgIpc) is 2.41. The highest BCUT2D eigenvalue weighted by molar-refractivity contribution is 6.28. The van der Waals surface area contributed by atoms with Gasteiger partial charge in [0.05, 0.1) is 6.54 Å². The Morgan fingerprint density at radius 1 is 1.29 bits per heavy atom. The molecule has 1 aromatic rings. The number of rotatable bonds is 8. The van der Waals surface area contributed by atoms with E-state index in [9.17, 15) is 4.79 Å². The highest BCUT2D eigenvalue weighted by Gasteiger charge is 2.15. The molecule has 0 unspecified atom stereocenters. The van der Waals surface area contributed by atoms with Gasteiger partial charge in [-0.1, -0.05) is 6.92 Å². The van der Waals surface area contributed by atoms with Gasteiger partial charge in [0.15, 0.2) is 0 Å². The fourth-order valence-corrected chi connectivity index (χ4v) is 1.82. The molecule has 0 aliphatic rings. The van der Waals surface area contributed by atoms with Crippen LogP contribution in [-0.4, -0.2) is 46.5 Å². The molecule has 0 aliphatic carbocycles. The van der Waals surface area contributed by atoms with E-state index in [1.54, 1.807) is 4.90 Å². The molecule has 0 aliphatic heterocycles. The second-order valence-corrected chi connectivity index (χ2v) is 5.23. The molecular formula is C13H23ClN6O. The Morgan fingerprint density at radius 2 is 2.00 bits per heavy atom. The Kier molecular flexibility index (Phi) is 7.14. The van der Waals surface area contributed by atoms with E-state index in [1.807, 2.05) is 27.7 Å². The summed E-state index contributed by atoms with van der Waals surface area (Å²) in [6.07, 6.45) is 0.951. The van der Waals surface area contributed by atoms with Gasteiger partial charge in [-0.3, -0.25) is 4.79 Å². The molecule has 0 saturated carbocycles. The minimum atomic E-state index is -0.0774. The van der Waals surface area contributed by atoms with E-state index < -0.39 is 0 Å². The average molecular weight is 315 g/mol. The van der Waals surface area contributed by atoms with Crippen LogP contribution >= 0.6 is 11.6 Å². The molecule has 0 fully saturated rings. The highest BCUT2D eigenvalue weighted by Crippen LogP contribution is 2.13. The maximum Gasteiger partial charge on any atom is 0.239 e. The van der Waals surface area contributed by atoms with E-state index in [-0.39, 0.29) is 23.8 Å². The molecule has 0 aromatic carbocycles. The van der Waals surface area contributed by atoms with Gasteiger partial charge in [-0.15, -0.1) is 0 Å². The van der Waals surface area contributed by atoms with Crippen LogP contribution in [0.1, 0.15) is 34.1 Å². The molecule has 21 heavy (non-hydrogen) atoms. The van der Waals surface area contributed by atoms with Crippen molar-refractivity contribution in [1.82, 2.24) is 20.3 Å².